The van der Waals surface area contributed by atoms with Crippen LogP contribution in [-0.4, -0.2) is 28.8 Å². The number of hydrogen-bond acceptors (Lipinski definition) is 4. The SMILES string of the molecule is Cc1ccc(NC(=O)C2CCN(c3cnn(Cc4ccccc4)c(=O)c3)C2)cc1. The number of nitrogens with zero attached hydrogens (tertiary/aromatic N) is 3. The van der Waals surface area contributed by atoms with Crippen molar-refractivity contribution in [1.29, 1.82) is 0 Å². The van der Waals surface area contributed by atoms with Crippen molar-refractivity contribution in [3.05, 3.63) is 88.3 Å². The van der Waals surface area contributed by atoms with Gasteiger partial charge in [-0.2, -0.15) is 5.10 Å². The molecule has 6 nitrogen and oxygen atoms in total. The maximum absolute atomic E-state index is 12.6. The van der Waals surface area contributed by atoms with E-state index in [4.69, 9.17) is 0 Å². The average molecular weight is 388 g/mol. The van der Waals surface area contributed by atoms with Crippen LogP contribution in [0.15, 0.2) is 71.7 Å². The maximum Gasteiger partial charge on any atom is 0.269 e. The fourth-order valence-electron chi connectivity index (χ4n) is 3.56. The van der Waals surface area contributed by atoms with Crippen LogP contribution in [0.1, 0.15) is 17.5 Å². The van der Waals surface area contributed by atoms with Crippen LogP contribution in [0.5, 0.6) is 0 Å². The van der Waals surface area contributed by atoms with E-state index in [-0.39, 0.29) is 17.4 Å². The smallest absolute Gasteiger partial charge is 0.269 e. The van der Waals surface area contributed by atoms with Crippen molar-refractivity contribution in [2.75, 3.05) is 23.3 Å². The first kappa shape index (κ1) is 18.9. The number of aryl methyl sites for hydroxylation is 1. The molecule has 0 saturated carbocycles. The molecule has 4 rings (SSSR count). The monoisotopic (exact) mass is 388 g/mol. The van der Waals surface area contributed by atoms with Crippen LogP contribution in [0.4, 0.5) is 11.4 Å². The lowest BCUT2D eigenvalue weighted by molar-refractivity contribution is -0.119. The molecule has 1 N–H and O–H groups in total. The van der Waals surface area contributed by atoms with E-state index in [0.717, 1.165) is 35.5 Å². The first-order valence-corrected chi connectivity index (χ1v) is 9.82. The molecule has 6 heteroatoms. The third-order valence-electron chi connectivity index (χ3n) is 5.27. The predicted octanol–water partition coefficient (Wildman–Crippen LogP) is 3.07. The highest BCUT2D eigenvalue weighted by Crippen LogP contribution is 2.23. The minimum Gasteiger partial charge on any atom is -0.369 e. The number of hydrogen-bond donors (Lipinski definition) is 1. The van der Waals surface area contributed by atoms with Gasteiger partial charge in [0.05, 0.1) is 24.3 Å². The second-order valence-corrected chi connectivity index (χ2v) is 7.48. The Kier molecular flexibility index (Phi) is 5.42. The molecule has 1 amide bonds. The van der Waals surface area contributed by atoms with Gasteiger partial charge < -0.3 is 10.2 Å². The van der Waals surface area contributed by atoms with Crippen LogP contribution in [0.3, 0.4) is 0 Å². The number of benzene rings is 2. The number of aromatic nitrogens is 2. The number of anilines is 2. The molecule has 1 fully saturated rings. The van der Waals surface area contributed by atoms with Gasteiger partial charge in [-0.3, -0.25) is 9.59 Å². The summed E-state index contributed by atoms with van der Waals surface area (Å²) in [5, 5.41) is 7.31. The first-order valence-electron chi connectivity index (χ1n) is 9.82. The van der Waals surface area contributed by atoms with Crippen LogP contribution in [0, 0.1) is 12.8 Å². The molecule has 1 atom stereocenters. The molecule has 0 spiro atoms. The Morgan fingerprint density at radius 1 is 1.14 bits per heavy atom. The minimum atomic E-state index is -0.140. The second kappa shape index (κ2) is 8.31. The van der Waals surface area contributed by atoms with Crippen LogP contribution >= 0.6 is 0 Å². The Balaban J connectivity index is 1.39. The molecule has 0 bridgehead atoms. The van der Waals surface area contributed by atoms with Crippen molar-refractivity contribution in [2.45, 2.75) is 19.9 Å². The highest BCUT2D eigenvalue weighted by Gasteiger charge is 2.29. The van der Waals surface area contributed by atoms with Gasteiger partial charge >= 0.3 is 0 Å². The Bertz CT molecular complexity index is 1040. The Morgan fingerprint density at radius 2 is 1.90 bits per heavy atom. The first-order chi connectivity index (χ1) is 14.1. The summed E-state index contributed by atoms with van der Waals surface area (Å²) in [7, 11) is 0. The van der Waals surface area contributed by atoms with E-state index in [9.17, 15) is 9.59 Å². The van der Waals surface area contributed by atoms with Crippen molar-refractivity contribution in [2.24, 2.45) is 5.92 Å². The van der Waals surface area contributed by atoms with Crippen molar-refractivity contribution in [1.82, 2.24) is 9.78 Å². The molecule has 2 aromatic carbocycles. The van der Waals surface area contributed by atoms with Gasteiger partial charge in [0.25, 0.3) is 5.56 Å². The summed E-state index contributed by atoms with van der Waals surface area (Å²) in [6, 6.07) is 19.2. The van der Waals surface area contributed by atoms with E-state index in [1.165, 1.54) is 4.68 Å². The third kappa shape index (κ3) is 4.54. The number of rotatable bonds is 5. The quantitative estimate of drug-likeness (QED) is 0.729. The molecular weight excluding hydrogens is 364 g/mol. The van der Waals surface area contributed by atoms with E-state index >= 15 is 0 Å². The lowest BCUT2D eigenvalue weighted by atomic mass is 10.1. The van der Waals surface area contributed by atoms with Gasteiger partial charge in [-0.15, -0.1) is 0 Å². The molecule has 1 aliphatic rings. The molecule has 29 heavy (non-hydrogen) atoms. The maximum atomic E-state index is 12.6. The molecule has 1 aliphatic heterocycles. The number of carbonyl (C=O) groups is 1. The van der Waals surface area contributed by atoms with Gasteiger partial charge in [0, 0.05) is 24.8 Å². The average Bonchev–Trinajstić information content (AvgIpc) is 3.22. The Morgan fingerprint density at radius 3 is 2.62 bits per heavy atom. The number of nitrogens with one attached hydrogen (secondary N) is 1. The van der Waals surface area contributed by atoms with E-state index in [0.29, 0.717) is 13.1 Å². The molecular formula is C23H24N4O2. The van der Waals surface area contributed by atoms with Crippen LogP contribution in [0.2, 0.25) is 0 Å². The summed E-state index contributed by atoms with van der Waals surface area (Å²) in [6.45, 7) is 3.78. The molecule has 1 saturated heterocycles. The highest BCUT2D eigenvalue weighted by atomic mass is 16.2. The number of amides is 1. The number of carbonyl (C=O) groups excluding carboxylic acids is 1. The van der Waals surface area contributed by atoms with E-state index in [1.54, 1.807) is 12.3 Å². The minimum absolute atomic E-state index is 0.0155. The van der Waals surface area contributed by atoms with Crippen molar-refractivity contribution < 1.29 is 4.79 Å². The van der Waals surface area contributed by atoms with Crippen LogP contribution in [-0.2, 0) is 11.3 Å². The van der Waals surface area contributed by atoms with Crippen molar-refractivity contribution in [3.8, 4) is 0 Å². The lowest BCUT2D eigenvalue weighted by Gasteiger charge is -2.18. The summed E-state index contributed by atoms with van der Waals surface area (Å²) in [5.74, 6) is -0.0928. The van der Waals surface area contributed by atoms with Crippen molar-refractivity contribution >= 4 is 17.3 Å². The molecule has 3 aromatic rings. The zero-order valence-electron chi connectivity index (χ0n) is 16.4. The van der Waals surface area contributed by atoms with Gasteiger partial charge in [-0.25, -0.2) is 4.68 Å². The topological polar surface area (TPSA) is 67.2 Å². The van der Waals surface area contributed by atoms with Gasteiger partial charge in [-0.1, -0.05) is 48.0 Å². The summed E-state index contributed by atoms with van der Waals surface area (Å²) in [6.07, 6.45) is 2.47. The molecule has 1 unspecified atom stereocenters. The highest BCUT2D eigenvalue weighted by molar-refractivity contribution is 5.93. The standard InChI is InChI=1S/C23H24N4O2/c1-17-7-9-20(10-8-17)25-23(29)19-11-12-26(16-19)21-13-22(28)27(24-14-21)15-18-5-3-2-4-6-18/h2-10,13-14,19H,11-12,15-16H2,1H3,(H,25,29). The molecule has 1 aromatic heterocycles. The van der Waals surface area contributed by atoms with Gasteiger partial charge in [0.1, 0.15) is 0 Å². The normalized spacial score (nSPS) is 16.0. The van der Waals surface area contributed by atoms with Gasteiger partial charge in [0.2, 0.25) is 5.91 Å². The van der Waals surface area contributed by atoms with Gasteiger partial charge in [0.15, 0.2) is 0 Å². The van der Waals surface area contributed by atoms with E-state index < -0.39 is 0 Å². The molecule has 148 valence electrons. The molecule has 0 aliphatic carbocycles. The summed E-state index contributed by atoms with van der Waals surface area (Å²) in [5.41, 5.74) is 3.63. The molecule has 0 radical (unpaired) electrons. The van der Waals surface area contributed by atoms with Crippen LogP contribution < -0.4 is 15.8 Å². The van der Waals surface area contributed by atoms with Gasteiger partial charge in [-0.05, 0) is 31.0 Å². The second-order valence-electron chi connectivity index (χ2n) is 7.48. The fourth-order valence-corrected chi connectivity index (χ4v) is 3.56. The van der Waals surface area contributed by atoms with E-state index in [1.807, 2.05) is 61.5 Å². The third-order valence-corrected chi connectivity index (χ3v) is 5.27. The Labute approximate surface area is 169 Å². The van der Waals surface area contributed by atoms with Crippen molar-refractivity contribution in [3.63, 3.8) is 0 Å². The molecule has 2 heterocycles. The summed E-state index contributed by atoms with van der Waals surface area (Å²) >= 11 is 0. The zero-order valence-corrected chi connectivity index (χ0v) is 16.4. The zero-order chi connectivity index (χ0) is 20.2. The summed E-state index contributed by atoms with van der Waals surface area (Å²) < 4.78 is 1.45. The van der Waals surface area contributed by atoms with Crippen LogP contribution in [0.25, 0.3) is 0 Å². The lowest BCUT2D eigenvalue weighted by Crippen LogP contribution is -2.29. The largest absolute Gasteiger partial charge is 0.369 e. The fraction of sp³-hybridized carbons (Fsp3) is 0.261. The summed E-state index contributed by atoms with van der Waals surface area (Å²) in [4.78, 5) is 27.1. The predicted molar refractivity (Wildman–Crippen MR) is 114 cm³/mol. The Hall–Kier alpha value is -3.41. The van der Waals surface area contributed by atoms with E-state index in [2.05, 4.69) is 15.3 Å².